The van der Waals surface area contributed by atoms with E-state index in [2.05, 4.69) is 4.84 Å². The largest absolute Gasteiger partial charge is 0.417 e. The van der Waals surface area contributed by atoms with Crippen LogP contribution in [0.25, 0.3) is 0 Å². The summed E-state index contributed by atoms with van der Waals surface area (Å²) in [5.41, 5.74) is -1.81. The lowest BCUT2D eigenvalue weighted by Gasteiger charge is -2.15. The third-order valence-electron chi connectivity index (χ3n) is 1.81. The fourth-order valence-electron chi connectivity index (χ4n) is 1.10. The molecule has 0 radical (unpaired) electrons. The maximum atomic E-state index is 12.5. The molecule has 0 atom stereocenters. The van der Waals surface area contributed by atoms with Gasteiger partial charge < -0.3 is 0 Å². The van der Waals surface area contributed by atoms with Gasteiger partial charge in [0.05, 0.1) is 18.2 Å². The molecule has 88 valence electrons. The zero-order valence-electron chi connectivity index (χ0n) is 8.15. The van der Waals surface area contributed by atoms with Gasteiger partial charge in [-0.15, -0.1) is 0 Å². The molecule has 0 aliphatic heterocycles. The fourth-order valence-corrected chi connectivity index (χ4v) is 1.10. The number of carbonyl (C=O) groups is 1. The number of carbonyl (C=O) groups excluding carboxylic acids is 1. The number of hydrogen-bond donors (Lipinski definition) is 1. The summed E-state index contributed by atoms with van der Waals surface area (Å²) >= 11 is 0. The number of nitrogens with zero attached hydrogens (tertiary/aromatic N) is 1. The zero-order chi connectivity index (χ0) is 12.3. The Labute approximate surface area is 88.8 Å². The maximum Gasteiger partial charge on any atom is 0.417 e. The molecule has 1 aromatic carbocycles. The van der Waals surface area contributed by atoms with E-state index in [-0.39, 0.29) is 5.23 Å². The van der Waals surface area contributed by atoms with Crippen LogP contribution in [0.2, 0.25) is 0 Å². The molecule has 1 aromatic rings. The highest BCUT2D eigenvalue weighted by atomic mass is 19.4. The van der Waals surface area contributed by atoms with E-state index >= 15 is 0 Å². The third kappa shape index (κ3) is 2.50. The Bertz CT molecular complexity index is 392. The van der Waals surface area contributed by atoms with Crippen molar-refractivity contribution in [3.05, 3.63) is 35.4 Å². The van der Waals surface area contributed by atoms with Gasteiger partial charge in [-0.3, -0.25) is 10.0 Å². The molecule has 0 saturated heterocycles. The van der Waals surface area contributed by atoms with Gasteiger partial charge >= 0.3 is 12.1 Å². The summed E-state index contributed by atoms with van der Waals surface area (Å²) in [6.45, 7) is 0. The van der Waals surface area contributed by atoms with Gasteiger partial charge in [0, 0.05) is 0 Å². The number of halogens is 3. The number of alkyl halides is 3. The topological polar surface area (TPSA) is 49.8 Å². The lowest BCUT2D eigenvalue weighted by atomic mass is 10.1. The zero-order valence-corrected chi connectivity index (χ0v) is 8.15. The van der Waals surface area contributed by atoms with Crippen LogP contribution in [0.5, 0.6) is 0 Å². The molecule has 0 aromatic heterocycles. The molecule has 0 fully saturated rings. The Morgan fingerprint density at radius 2 is 1.94 bits per heavy atom. The summed E-state index contributed by atoms with van der Waals surface area (Å²) < 4.78 is 37.4. The van der Waals surface area contributed by atoms with Crippen molar-refractivity contribution in [3.63, 3.8) is 0 Å². The maximum absolute atomic E-state index is 12.5. The van der Waals surface area contributed by atoms with Crippen molar-refractivity contribution in [3.8, 4) is 0 Å². The van der Waals surface area contributed by atoms with Gasteiger partial charge in [0.2, 0.25) is 0 Å². The molecule has 0 heterocycles. The van der Waals surface area contributed by atoms with E-state index in [1.54, 1.807) is 0 Å². The van der Waals surface area contributed by atoms with E-state index in [0.29, 0.717) is 0 Å². The van der Waals surface area contributed by atoms with Crippen molar-refractivity contribution in [2.45, 2.75) is 6.18 Å². The highest BCUT2D eigenvalue weighted by molar-refractivity contribution is 5.94. The van der Waals surface area contributed by atoms with Gasteiger partial charge in [-0.25, -0.2) is 4.84 Å². The van der Waals surface area contributed by atoms with Gasteiger partial charge in [-0.05, 0) is 12.1 Å². The Morgan fingerprint density at radius 1 is 1.38 bits per heavy atom. The van der Waals surface area contributed by atoms with Gasteiger partial charge in [-0.1, -0.05) is 17.4 Å². The van der Waals surface area contributed by atoms with Crippen molar-refractivity contribution in [2.75, 3.05) is 7.11 Å². The first-order valence-electron chi connectivity index (χ1n) is 4.11. The highest BCUT2D eigenvalue weighted by Gasteiger charge is 2.35. The van der Waals surface area contributed by atoms with Gasteiger partial charge in [0.1, 0.15) is 0 Å². The van der Waals surface area contributed by atoms with Crippen LogP contribution in [0.4, 0.5) is 13.2 Å². The predicted octanol–water partition coefficient (Wildman–Crippen LogP) is 2.10. The summed E-state index contributed by atoms with van der Waals surface area (Å²) in [7, 11) is 0.952. The third-order valence-corrected chi connectivity index (χ3v) is 1.81. The van der Waals surface area contributed by atoms with E-state index in [1.165, 1.54) is 6.07 Å². The van der Waals surface area contributed by atoms with Crippen molar-refractivity contribution < 1.29 is 28.0 Å². The van der Waals surface area contributed by atoms with Gasteiger partial charge in [-0.2, -0.15) is 13.2 Å². The van der Waals surface area contributed by atoms with Crippen molar-refractivity contribution in [2.24, 2.45) is 0 Å². The molecule has 0 aliphatic carbocycles. The minimum Gasteiger partial charge on any atom is -0.264 e. The summed E-state index contributed by atoms with van der Waals surface area (Å²) in [5, 5.41) is 8.60. The first kappa shape index (κ1) is 12.5. The SMILES string of the molecule is CON(O)C(=O)c1ccccc1C(F)(F)F. The minimum atomic E-state index is -4.67. The molecule has 1 amide bonds. The number of hydrogen-bond acceptors (Lipinski definition) is 3. The molecule has 1 N–H and O–H groups in total. The minimum absolute atomic E-state index is 0.259. The fraction of sp³-hybridized carbons (Fsp3) is 0.222. The summed E-state index contributed by atoms with van der Waals surface area (Å²) in [6, 6.07) is 4.10. The lowest BCUT2D eigenvalue weighted by molar-refractivity contribution is -0.281. The van der Waals surface area contributed by atoms with Gasteiger partial charge in [0.25, 0.3) is 0 Å². The molecule has 7 heteroatoms. The average molecular weight is 235 g/mol. The Morgan fingerprint density at radius 3 is 2.44 bits per heavy atom. The molecule has 0 unspecified atom stereocenters. The van der Waals surface area contributed by atoms with Crippen LogP contribution < -0.4 is 0 Å². The molecule has 4 nitrogen and oxygen atoms in total. The van der Waals surface area contributed by atoms with E-state index in [9.17, 15) is 18.0 Å². The molecular formula is C9H8F3NO3. The second kappa shape index (κ2) is 4.50. The molecule has 0 saturated carbocycles. The Kier molecular flexibility index (Phi) is 3.51. The monoisotopic (exact) mass is 235 g/mol. The number of benzene rings is 1. The molecular weight excluding hydrogens is 227 g/mol. The summed E-state index contributed by atoms with van der Waals surface area (Å²) in [4.78, 5) is 15.4. The lowest BCUT2D eigenvalue weighted by Crippen LogP contribution is -2.28. The molecule has 1 rings (SSSR count). The number of amides is 1. The molecule has 0 aliphatic rings. The summed E-state index contributed by atoms with van der Waals surface area (Å²) in [5.74, 6) is -1.28. The van der Waals surface area contributed by atoms with Crippen LogP contribution in [0.1, 0.15) is 15.9 Å². The van der Waals surface area contributed by atoms with E-state index < -0.39 is 23.2 Å². The van der Waals surface area contributed by atoms with Crippen LogP contribution in [-0.2, 0) is 11.0 Å². The average Bonchev–Trinajstić information content (AvgIpc) is 2.26. The summed E-state index contributed by atoms with van der Waals surface area (Å²) in [6.07, 6.45) is -4.67. The van der Waals surface area contributed by atoms with Crippen LogP contribution in [0.15, 0.2) is 24.3 Å². The van der Waals surface area contributed by atoms with Crippen molar-refractivity contribution in [1.29, 1.82) is 0 Å². The van der Waals surface area contributed by atoms with E-state index in [1.807, 2.05) is 0 Å². The highest BCUT2D eigenvalue weighted by Crippen LogP contribution is 2.32. The smallest absolute Gasteiger partial charge is 0.264 e. The van der Waals surface area contributed by atoms with Crippen LogP contribution in [0.3, 0.4) is 0 Å². The molecule has 0 spiro atoms. The predicted molar refractivity (Wildman–Crippen MR) is 46.4 cm³/mol. The second-order valence-corrected chi connectivity index (χ2v) is 2.80. The van der Waals surface area contributed by atoms with Gasteiger partial charge in [0.15, 0.2) is 0 Å². The van der Waals surface area contributed by atoms with Crippen LogP contribution in [-0.4, -0.2) is 23.5 Å². The number of rotatable bonds is 2. The quantitative estimate of drug-likeness (QED) is 0.630. The first-order valence-corrected chi connectivity index (χ1v) is 4.11. The van der Waals surface area contributed by atoms with E-state index in [0.717, 1.165) is 25.3 Å². The Balaban J connectivity index is 3.19. The Hall–Kier alpha value is -1.60. The number of hydroxylamine groups is 2. The molecule has 0 bridgehead atoms. The van der Waals surface area contributed by atoms with E-state index in [4.69, 9.17) is 5.21 Å². The first-order chi connectivity index (χ1) is 7.38. The van der Waals surface area contributed by atoms with Crippen molar-refractivity contribution >= 4 is 5.91 Å². The standard InChI is InChI=1S/C9H8F3NO3/c1-16-13(15)8(14)6-4-2-3-5-7(6)9(10,11)12/h2-5,15H,1H3. The normalized spacial score (nSPS) is 11.3. The van der Waals surface area contributed by atoms with Crippen molar-refractivity contribution in [1.82, 2.24) is 5.23 Å². The van der Waals surface area contributed by atoms with Crippen LogP contribution >= 0.6 is 0 Å². The second-order valence-electron chi connectivity index (χ2n) is 2.80. The van der Waals surface area contributed by atoms with Crippen LogP contribution in [0, 0.1) is 0 Å². The molecule has 16 heavy (non-hydrogen) atoms.